The molecule has 0 nitrogen and oxygen atoms in total. The lowest BCUT2D eigenvalue weighted by Crippen LogP contribution is -1.83. The van der Waals surface area contributed by atoms with Gasteiger partial charge >= 0.3 is 0 Å². The van der Waals surface area contributed by atoms with E-state index in [0.717, 1.165) is 21.9 Å². The lowest BCUT2D eigenvalue weighted by Gasteiger charge is -2.05. The van der Waals surface area contributed by atoms with E-state index in [-0.39, 0.29) is 0 Å². The maximum atomic E-state index is 6.05. The number of benzene rings is 1. The van der Waals surface area contributed by atoms with Crippen LogP contribution in [-0.4, -0.2) is 5.75 Å². The van der Waals surface area contributed by atoms with Crippen LogP contribution in [0.1, 0.15) is 11.1 Å². The van der Waals surface area contributed by atoms with Crippen molar-refractivity contribution in [3.8, 4) is 0 Å². The number of aryl methyl sites for hydroxylation is 2. The topological polar surface area (TPSA) is 0 Å². The second-order valence-electron chi connectivity index (χ2n) is 2.97. The van der Waals surface area contributed by atoms with E-state index in [9.17, 15) is 0 Å². The van der Waals surface area contributed by atoms with Crippen LogP contribution in [-0.2, 0) is 0 Å². The molecule has 13 heavy (non-hydrogen) atoms. The first-order valence-corrected chi connectivity index (χ1v) is 5.52. The molecule has 0 spiro atoms. The molecule has 0 fully saturated rings. The van der Waals surface area contributed by atoms with Gasteiger partial charge in [-0.1, -0.05) is 17.7 Å². The summed E-state index contributed by atoms with van der Waals surface area (Å²) in [5, 5.41) is 0.878. The Morgan fingerprint density at radius 2 is 1.92 bits per heavy atom. The Morgan fingerprint density at radius 1 is 1.38 bits per heavy atom. The van der Waals surface area contributed by atoms with Crippen molar-refractivity contribution in [2.45, 2.75) is 18.7 Å². The van der Waals surface area contributed by atoms with E-state index in [2.05, 4.69) is 18.7 Å². The van der Waals surface area contributed by atoms with Crippen LogP contribution in [0.15, 0.2) is 29.7 Å². The normalized spacial score (nSPS) is 10.1. The predicted molar refractivity (Wildman–Crippen MR) is 61.8 cm³/mol. The summed E-state index contributed by atoms with van der Waals surface area (Å²) in [6, 6.07) is 4.23. The van der Waals surface area contributed by atoms with Crippen LogP contribution in [0.3, 0.4) is 0 Å². The molecule has 0 atom stereocenters. The van der Waals surface area contributed by atoms with Crippen LogP contribution in [0.2, 0.25) is 5.02 Å². The molecule has 0 aliphatic carbocycles. The molecular formula is C11H13ClS. The lowest BCUT2D eigenvalue weighted by molar-refractivity contribution is 1.29. The molecule has 0 saturated carbocycles. The van der Waals surface area contributed by atoms with E-state index >= 15 is 0 Å². The largest absolute Gasteiger partial charge is 0.122 e. The standard InChI is InChI=1S/C11H13ClS/c1-4-5-13-10-6-8(2)11(12)9(3)7-10/h4,6-7H,1,5H2,2-3H3. The lowest BCUT2D eigenvalue weighted by atomic mass is 10.2. The predicted octanol–water partition coefficient (Wildman–Crippen LogP) is 4.23. The van der Waals surface area contributed by atoms with Gasteiger partial charge in [-0.15, -0.1) is 18.3 Å². The summed E-state index contributed by atoms with van der Waals surface area (Å²) < 4.78 is 0. The molecule has 0 radical (unpaired) electrons. The minimum atomic E-state index is 0.878. The van der Waals surface area contributed by atoms with Crippen molar-refractivity contribution in [3.05, 3.63) is 40.9 Å². The molecule has 1 aromatic rings. The summed E-state index contributed by atoms with van der Waals surface area (Å²) in [5.74, 6) is 0.945. The molecule has 0 amide bonds. The van der Waals surface area contributed by atoms with E-state index in [4.69, 9.17) is 11.6 Å². The summed E-state index contributed by atoms with van der Waals surface area (Å²) in [6.45, 7) is 7.76. The average molecular weight is 213 g/mol. The van der Waals surface area contributed by atoms with Gasteiger partial charge in [-0.2, -0.15) is 0 Å². The smallest absolute Gasteiger partial charge is 0.0465 e. The minimum Gasteiger partial charge on any atom is -0.122 e. The van der Waals surface area contributed by atoms with E-state index in [1.54, 1.807) is 11.8 Å². The maximum absolute atomic E-state index is 6.05. The quantitative estimate of drug-likeness (QED) is 0.534. The van der Waals surface area contributed by atoms with Gasteiger partial charge in [0.1, 0.15) is 0 Å². The van der Waals surface area contributed by atoms with Crippen LogP contribution in [0.5, 0.6) is 0 Å². The first kappa shape index (κ1) is 10.7. The second kappa shape index (κ2) is 4.73. The van der Waals surface area contributed by atoms with Gasteiger partial charge < -0.3 is 0 Å². The summed E-state index contributed by atoms with van der Waals surface area (Å²) in [5.41, 5.74) is 2.29. The highest BCUT2D eigenvalue weighted by Crippen LogP contribution is 2.27. The van der Waals surface area contributed by atoms with E-state index in [1.165, 1.54) is 4.90 Å². The van der Waals surface area contributed by atoms with Crippen molar-refractivity contribution in [1.82, 2.24) is 0 Å². The van der Waals surface area contributed by atoms with Crippen molar-refractivity contribution in [3.63, 3.8) is 0 Å². The van der Waals surface area contributed by atoms with Crippen molar-refractivity contribution in [1.29, 1.82) is 0 Å². The third kappa shape index (κ3) is 2.78. The number of halogens is 1. The minimum absolute atomic E-state index is 0.878. The Morgan fingerprint density at radius 3 is 2.38 bits per heavy atom. The Hall–Kier alpha value is -0.400. The molecule has 0 heterocycles. The van der Waals surface area contributed by atoms with Gasteiger partial charge in [0, 0.05) is 15.7 Å². The molecule has 0 saturated heterocycles. The molecule has 0 bridgehead atoms. The van der Waals surface area contributed by atoms with Gasteiger partial charge in [0.25, 0.3) is 0 Å². The Labute approximate surface area is 89.0 Å². The number of hydrogen-bond acceptors (Lipinski definition) is 1. The molecule has 70 valence electrons. The molecule has 1 rings (SSSR count). The summed E-state index contributed by atoms with van der Waals surface area (Å²) >= 11 is 7.84. The third-order valence-electron chi connectivity index (χ3n) is 1.78. The van der Waals surface area contributed by atoms with Crippen LogP contribution in [0, 0.1) is 13.8 Å². The fourth-order valence-corrected chi connectivity index (χ4v) is 2.08. The van der Waals surface area contributed by atoms with Gasteiger partial charge in [-0.3, -0.25) is 0 Å². The van der Waals surface area contributed by atoms with Crippen LogP contribution < -0.4 is 0 Å². The van der Waals surface area contributed by atoms with Crippen molar-refractivity contribution in [2.24, 2.45) is 0 Å². The molecule has 0 aromatic heterocycles. The molecule has 0 aliphatic rings. The highest BCUT2D eigenvalue weighted by atomic mass is 35.5. The first-order valence-electron chi connectivity index (χ1n) is 4.15. The Kier molecular flexibility index (Phi) is 3.89. The van der Waals surface area contributed by atoms with Crippen molar-refractivity contribution in [2.75, 3.05) is 5.75 Å². The van der Waals surface area contributed by atoms with E-state index in [0.29, 0.717) is 0 Å². The van der Waals surface area contributed by atoms with Crippen LogP contribution in [0.25, 0.3) is 0 Å². The second-order valence-corrected chi connectivity index (χ2v) is 4.44. The average Bonchev–Trinajstić information content (AvgIpc) is 2.10. The Bertz CT molecular complexity index is 295. The van der Waals surface area contributed by atoms with Crippen molar-refractivity contribution < 1.29 is 0 Å². The molecular weight excluding hydrogens is 200 g/mol. The number of thioether (sulfide) groups is 1. The first-order chi connectivity index (χ1) is 6.15. The zero-order valence-electron chi connectivity index (χ0n) is 7.93. The SMILES string of the molecule is C=CCSc1cc(C)c(Cl)c(C)c1. The summed E-state index contributed by atoms with van der Waals surface area (Å²) in [6.07, 6.45) is 1.91. The molecule has 2 heteroatoms. The van der Waals surface area contributed by atoms with E-state index < -0.39 is 0 Å². The fourth-order valence-electron chi connectivity index (χ4n) is 1.14. The number of rotatable bonds is 3. The summed E-state index contributed by atoms with van der Waals surface area (Å²) in [7, 11) is 0. The van der Waals surface area contributed by atoms with Crippen molar-refractivity contribution >= 4 is 23.4 Å². The maximum Gasteiger partial charge on any atom is 0.0465 e. The van der Waals surface area contributed by atoms with Gasteiger partial charge in [0.2, 0.25) is 0 Å². The van der Waals surface area contributed by atoms with Gasteiger partial charge in [0.15, 0.2) is 0 Å². The molecule has 0 N–H and O–H groups in total. The molecule has 1 aromatic carbocycles. The molecule has 0 unspecified atom stereocenters. The zero-order valence-corrected chi connectivity index (χ0v) is 9.50. The van der Waals surface area contributed by atoms with Gasteiger partial charge in [-0.25, -0.2) is 0 Å². The van der Waals surface area contributed by atoms with Crippen LogP contribution >= 0.6 is 23.4 Å². The zero-order chi connectivity index (χ0) is 9.84. The third-order valence-corrected chi connectivity index (χ3v) is 3.35. The number of hydrogen-bond donors (Lipinski definition) is 0. The highest BCUT2D eigenvalue weighted by molar-refractivity contribution is 7.99. The Balaban J connectivity index is 2.92. The van der Waals surface area contributed by atoms with E-state index in [1.807, 2.05) is 19.9 Å². The fraction of sp³-hybridized carbons (Fsp3) is 0.273. The van der Waals surface area contributed by atoms with Crippen LogP contribution in [0.4, 0.5) is 0 Å². The highest BCUT2D eigenvalue weighted by Gasteiger charge is 2.01. The van der Waals surface area contributed by atoms with Gasteiger partial charge in [-0.05, 0) is 37.1 Å². The summed E-state index contributed by atoms with van der Waals surface area (Å²) in [4.78, 5) is 1.26. The van der Waals surface area contributed by atoms with Gasteiger partial charge in [0.05, 0.1) is 0 Å². The molecule has 0 aliphatic heterocycles. The monoisotopic (exact) mass is 212 g/mol.